The van der Waals surface area contributed by atoms with Crippen molar-refractivity contribution in [1.82, 2.24) is 24.6 Å². The van der Waals surface area contributed by atoms with E-state index >= 15 is 0 Å². The normalized spacial score (nSPS) is 16.9. The largest absolute Gasteiger partial charge is 0.445 e. The van der Waals surface area contributed by atoms with E-state index in [1.807, 2.05) is 30.3 Å². The van der Waals surface area contributed by atoms with E-state index in [2.05, 4.69) is 10.4 Å². The molecule has 0 saturated carbocycles. The summed E-state index contributed by atoms with van der Waals surface area (Å²) in [5, 5.41) is 4.78. The Bertz CT molecular complexity index is 743. The van der Waals surface area contributed by atoms with Crippen LogP contribution in [0.5, 0.6) is 0 Å². The van der Waals surface area contributed by atoms with Crippen LogP contribution in [-0.4, -0.2) is 73.0 Å². The second-order valence-electron chi connectivity index (χ2n) is 6.36. The summed E-state index contributed by atoms with van der Waals surface area (Å²) < 4.78 is 20.6. The Kier molecular flexibility index (Phi) is 6.59. The van der Waals surface area contributed by atoms with Gasteiger partial charge in [0.1, 0.15) is 12.6 Å². The molecule has 148 valence electrons. The van der Waals surface area contributed by atoms with Crippen molar-refractivity contribution >= 4 is 25.6 Å². The molecule has 1 aromatic carbocycles. The zero-order valence-electron chi connectivity index (χ0n) is 15.7. The van der Waals surface area contributed by atoms with E-state index in [0.717, 1.165) is 10.5 Å². The number of carbonyl (C=O) groups excluding carboxylic acids is 3. The molecule has 0 aromatic heterocycles. The standard InChI is InChI=1S/C16H24N5O5P/c1-19(2)27(25,20(3)4)18-15(23)21-10-13(14(21)22)17-16(24)26-11-12-8-6-5-7-9-12/h5-9,13H,10-11H2,1-4H3,(H,17,24)(H,18,23,25). The van der Waals surface area contributed by atoms with Crippen molar-refractivity contribution in [3.63, 3.8) is 0 Å². The van der Waals surface area contributed by atoms with Gasteiger partial charge < -0.3 is 10.1 Å². The molecular weight excluding hydrogens is 373 g/mol. The summed E-state index contributed by atoms with van der Waals surface area (Å²) in [6.45, 7) is 0.0542. The van der Waals surface area contributed by atoms with Gasteiger partial charge in [-0.1, -0.05) is 30.3 Å². The van der Waals surface area contributed by atoms with E-state index in [1.165, 1.54) is 9.34 Å². The summed E-state index contributed by atoms with van der Waals surface area (Å²) >= 11 is 0. The first-order valence-corrected chi connectivity index (χ1v) is 9.83. The van der Waals surface area contributed by atoms with Gasteiger partial charge in [-0.05, 0) is 33.8 Å². The molecule has 1 aliphatic heterocycles. The Hall–Kier alpha value is -2.42. The quantitative estimate of drug-likeness (QED) is 0.545. The van der Waals surface area contributed by atoms with Crippen LogP contribution < -0.4 is 10.4 Å². The summed E-state index contributed by atoms with van der Waals surface area (Å²) in [6.07, 6.45) is -0.746. The number of β-lactam (4-membered cyclic amide) rings is 1. The van der Waals surface area contributed by atoms with Crippen LogP contribution in [0.2, 0.25) is 0 Å². The Labute approximate surface area is 158 Å². The van der Waals surface area contributed by atoms with Crippen molar-refractivity contribution in [2.24, 2.45) is 0 Å². The highest BCUT2D eigenvalue weighted by atomic mass is 31.2. The fraction of sp³-hybridized carbons (Fsp3) is 0.438. The summed E-state index contributed by atoms with van der Waals surface area (Å²) in [6, 6.07) is 7.48. The molecule has 0 bridgehead atoms. The van der Waals surface area contributed by atoms with Crippen LogP contribution in [0.4, 0.5) is 9.59 Å². The van der Waals surface area contributed by atoms with Crippen LogP contribution in [0.15, 0.2) is 30.3 Å². The van der Waals surface area contributed by atoms with Crippen molar-refractivity contribution in [3.8, 4) is 0 Å². The number of benzene rings is 1. The van der Waals surface area contributed by atoms with Crippen molar-refractivity contribution in [1.29, 1.82) is 0 Å². The summed E-state index contributed by atoms with van der Waals surface area (Å²) in [7, 11) is 2.94. The number of nitrogens with zero attached hydrogens (tertiary/aromatic N) is 3. The number of likely N-dealkylation sites (tertiary alicyclic amines) is 1. The van der Waals surface area contributed by atoms with Crippen molar-refractivity contribution in [2.75, 3.05) is 34.7 Å². The zero-order chi connectivity index (χ0) is 20.2. The predicted molar refractivity (Wildman–Crippen MR) is 98.8 cm³/mol. The van der Waals surface area contributed by atoms with Gasteiger partial charge in [-0.2, -0.15) is 0 Å². The molecule has 11 heteroatoms. The number of nitrogens with one attached hydrogen (secondary N) is 2. The first-order valence-electron chi connectivity index (χ1n) is 8.21. The van der Waals surface area contributed by atoms with Gasteiger partial charge in [0, 0.05) is 0 Å². The average Bonchev–Trinajstić information content (AvgIpc) is 2.62. The van der Waals surface area contributed by atoms with Crippen molar-refractivity contribution < 1.29 is 23.7 Å². The second-order valence-corrected chi connectivity index (χ2v) is 9.27. The lowest BCUT2D eigenvalue weighted by Gasteiger charge is -2.38. The van der Waals surface area contributed by atoms with Crippen LogP contribution in [0.3, 0.4) is 0 Å². The van der Waals surface area contributed by atoms with Gasteiger partial charge in [0.15, 0.2) is 0 Å². The van der Waals surface area contributed by atoms with Crippen LogP contribution in [0.25, 0.3) is 0 Å². The zero-order valence-corrected chi connectivity index (χ0v) is 16.6. The molecule has 1 fully saturated rings. The molecule has 0 spiro atoms. The molecule has 1 saturated heterocycles. The number of ether oxygens (including phenoxy) is 1. The Morgan fingerprint density at radius 1 is 1.19 bits per heavy atom. The van der Waals surface area contributed by atoms with Gasteiger partial charge in [0.25, 0.3) is 5.91 Å². The maximum Gasteiger partial charge on any atom is 0.408 e. The molecule has 4 amide bonds. The second kappa shape index (κ2) is 8.51. The first-order chi connectivity index (χ1) is 12.6. The summed E-state index contributed by atoms with van der Waals surface area (Å²) in [5.74, 6) is -0.590. The van der Waals surface area contributed by atoms with Crippen LogP contribution in [0.1, 0.15) is 5.56 Å². The molecule has 0 radical (unpaired) electrons. The molecular formula is C16H24N5O5P. The highest BCUT2D eigenvalue weighted by molar-refractivity contribution is 7.57. The Morgan fingerprint density at radius 3 is 2.30 bits per heavy atom. The first kappa shape index (κ1) is 20.9. The third-order valence-electron chi connectivity index (χ3n) is 4.00. The van der Waals surface area contributed by atoms with Gasteiger partial charge in [-0.3, -0.25) is 19.3 Å². The Morgan fingerprint density at radius 2 is 1.78 bits per heavy atom. The van der Waals surface area contributed by atoms with Crippen molar-refractivity contribution in [3.05, 3.63) is 35.9 Å². The minimum absolute atomic E-state index is 0.0219. The third-order valence-corrected chi connectivity index (χ3v) is 6.66. The van der Waals surface area contributed by atoms with Crippen LogP contribution >= 0.6 is 7.59 Å². The van der Waals surface area contributed by atoms with E-state index < -0.39 is 31.7 Å². The Balaban J connectivity index is 1.82. The fourth-order valence-corrected chi connectivity index (χ4v) is 3.85. The lowest BCUT2D eigenvalue weighted by molar-refractivity contribution is -0.139. The highest BCUT2D eigenvalue weighted by Crippen LogP contribution is 2.45. The van der Waals surface area contributed by atoms with Crippen LogP contribution in [0, 0.1) is 0 Å². The van der Waals surface area contributed by atoms with Crippen LogP contribution in [-0.2, 0) is 20.7 Å². The molecule has 1 aromatic rings. The molecule has 1 atom stereocenters. The van der Waals surface area contributed by atoms with E-state index in [-0.39, 0.29) is 13.2 Å². The topological polar surface area (TPSA) is 111 Å². The maximum absolute atomic E-state index is 12.7. The number of amides is 4. The van der Waals surface area contributed by atoms with E-state index in [9.17, 15) is 18.9 Å². The predicted octanol–water partition coefficient (Wildman–Crippen LogP) is 1.06. The number of alkyl carbamates (subject to hydrolysis) is 1. The highest BCUT2D eigenvalue weighted by Gasteiger charge is 2.44. The third kappa shape index (κ3) is 4.85. The van der Waals surface area contributed by atoms with Gasteiger partial charge in [0.2, 0.25) is 0 Å². The monoisotopic (exact) mass is 397 g/mol. The molecule has 0 aliphatic carbocycles. The molecule has 1 heterocycles. The summed E-state index contributed by atoms with van der Waals surface area (Å²) in [4.78, 5) is 37.0. The van der Waals surface area contributed by atoms with Gasteiger partial charge in [-0.15, -0.1) is 0 Å². The maximum atomic E-state index is 12.7. The minimum atomic E-state index is -3.31. The smallest absolute Gasteiger partial charge is 0.408 e. The number of hydrogen-bond acceptors (Lipinski definition) is 5. The van der Waals surface area contributed by atoms with Gasteiger partial charge >= 0.3 is 19.7 Å². The number of imide groups is 1. The lowest BCUT2D eigenvalue weighted by Crippen LogP contribution is -2.67. The molecule has 27 heavy (non-hydrogen) atoms. The number of hydrogen-bond donors (Lipinski definition) is 2. The molecule has 1 aliphatic rings. The molecule has 2 rings (SSSR count). The molecule has 2 N–H and O–H groups in total. The molecule has 10 nitrogen and oxygen atoms in total. The number of carbonyl (C=O) groups is 3. The van der Waals surface area contributed by atoms with E-state index in [1.54, 1.807) is 28.2 Å². The molecule has 1 unspecified atom stereocenters. The number of rotatable bonds is 6. The fourth-order valence-electron chi connectivity index (χ4n) is 2.37. The van der Waals surface area contributed by atoms with Gasteiger partial charge in [0.05, 0.1) is 6.54 Å². The van der Waals surface area contributed by atoms with E-state index in [0.29, 0.717) is 0 Å². The van der Waals surface area contributed by atoms with Gasteiger partial charge in [-0.25, -0.2) is 18.9 Å². The SMILES string of the molecule is CN(C)P(=O)(NC(=O)N1CC(NC(=O)OCc2ccccc2)C1=O)N(C)C. The number of urea groups is 1. The summed E-state index contributed by atoms with van der Waals surface area (Å²) in [5.41, 5.74) is 0.816. The minimum Gasteiger partial charge on any atom is -0.445 e. The average molecular weight is 397 g/mol. The van der Waals surface area contributed by atoms with E-state index in [4.69, 9.17) is 4.74 Å². The van der Waals surface area contributed by atoms with Crippen molar-refractivity contribution in [2.45, 2.75) is 12.6 Å². The lowest BCUT2D eigenvalue weighted by atomic mass is 10.1.